The summed E-state index contributed by atoms with van der Waals surface area (Å²) in [5.41, 5.74) is 10.6. The summed E-state index contributed by atoms with van der Waals surface area (Å²) in [6.45, 7) is 22.1. The summed E-state index contributed by atoms with van der Waals surface area (Å²) < 4.78 is 17.4. The number of fused-ring (bicyclic) bond motifs is 15. The predicted octanol–water partition coefficient (Wildman–Crippen LogP) is 16.1. The van der Waals surface area contributed by atoms with E-state index in [2.05, 4.69) is 128 Å². The molecule has 10 heteroatoms. The van der Waals surface area contributed by atoms with E-state index in [0.29, 0.717) is 62.4 Å². The van der Waals surface area contributed by atoms with Crippen LogP contribution in [0.2, 0.25) is 0 Å². The fraction of sp³-hybridized carbons (Fsp3) is 0.763. The molecule has 480 valence electrons. The highest BCUT2D eigenvalue weighted by atomic mass is 32.2. The fourth-order valence-electron chi connectivity index (χ4n) is 21.4. The first-order valence-electron chi connectivity index (χ1n) is 34.8. The molecule has 3 aromatic rings. The second kappa shape index (κ2) is 27.9. The lowest BCUT2D eigenvalue weighted by atomic mass is 9.49. The summed E-state index contributed by atoms with van der Waals surface area (Å²) in [6, 6.07) is 16.5. The molecule has 0 amide bonds. The van der Waals surface area contributed by atoms with Crippen LogP contribution in [0.3, 0.4) is 0 Å². The van der Waals surface area contributed by atoms with Crippen molar-refractivity contribution in [1.82, 2.24) is 14.7 Å². The van der Waals surface area contributed by atoms with Gasteiger partial charge in [0.1, 0.15) is 11.5 Å². The first-order valence-corrected chi connectivity index (χ1v) is 35.9. The Hall–Kier alpha value is -2.99. The van der Waals surface area contributed by atoms with Gasteiger partial charge in [0, 0.05) is 38.6 Å². The van der Waals surface area contributed by atoms with Crippen molar-refractivity contribution in [2.75, 3.05) is 107 Å². The number of phenols is 3. The van der Waals surface area contributed by atoms with Gasteiger partial charge >= 0.3 is 0 Å². The smallest absolute Gasteiger partial charge is 0.160 e. The van der Waals surface area contributed by atoms with Crippen molar-refractivity contribution in [2.45, 2.75) is 181 Å². The molecular weight excluding hydrogens is 1080 g/mol. The van der Waals surface area contributed by atoms with Crippen LogP contribution in [0.25, 0.3) is 0 Å². The summed E-state index contributed by atoms with van der Waals surface area (Å²) in [5, 5.41) is 30.1. The monoisotopic (exact) mass is 1200 g/mol. The van der Waals surface area contributed by atoms with E-state index in [1.54, 1.807) is 12.7 Å². The third-order valence-electron chi connectivity index (χ3n) is 26.4. The molecule has 0 aromatic heterocycles. The molecule has 12 unspecified atom stereocenters. The molecule has 0 heterocycles. The van der Waals surface area contributed by atoms with Gasteiger partial charge in [-0.05, 0) is 338 Å². The Bertz CT molecular complexity index is 2720. The standard InChI is InChI=1S/C26H41NO2.C25H39NO3.C25H39NOS/c1-18-16-19-17-20(28)6-7-21(19)22-8-11-26(3)23(24(18)22)9-10-25(26,2)12-14-29-15-13-27(4)5;1-25-11-9-19-20(7-5-17-15-23(27)24(28-4)16-21(17)19)22(25)8-6-18(25)10-13-29-14-12-26(2)3;1-17-15-18-16-20(27)6-7-21(18)22-9-11-25(2)19(5-8-23(25)24(17)22)10-13-28-14-12-26(3)4/h6-7,17-18,22-24,28H,8-16H2,1-5H3;15-16,18-20,22,27H,5-14H2,1-4H3;6-7,16-17,19,22-24,27H,5,8-15H2,1-4H3/t18-,22?,23?,24?,25-,26?;18-,19?,20?,22?,25?;17-,19-,22?,23?,24?,25?/m111/s1. The van der Waals surface area contributed by atoms with Crippen LogP contribution < -0.4 is 4.74 Å². The summed E-state index contributed by atoms with van der Waals surface area (Å²) >= 11 is 2.16. The van der Waals surface area contributed by atoms with E-state index in [9.17, 15) is 15.3 Å². The van der Waals surface area contributed by atoms with Crippen molar-refractivity contribution in [2.24, 2.45) is 80.8 Å². The molecular formula is C76H119N3O6S. The summed E-state index contributed by atoms with van der Waals surface area (Å²) in [4.78, 5) is 6.67. The van der Waals surface area contributed by atoms with Gasteiger partial charge in [-0.15, -0.1) is 0 Å². The number of methoxy groups -OCH3 is 1. The van der Waals surface area contributed by atoms with Crippen LogP contribution in [-0.2, 0) is 28.7 Å². The van der Waals surface area contributed by atoms with Crippen molar-refractivity contribution in [3.63, 3.8) is 0 Å². The molecule has 3 aromatic carbocycles. The lowest BCUT2D eigenvalue weighted by molar-refractivity contribution is -0.0476. The molecule has 0 radical (unpaired) electrons. The molecule has 0 spiro atoms. The van der Waals surface area contributed by atoms with Crippen LogP contribution >= 0.6 is 11.8 Å². The third kappa shape index (κ3) is 13.5. The zero-order valence-electron chi connectivity index (χ0n) is 56.2. The van der Waals surface area contributed by atoms with Crippen LogP contribution in [0.15, 0.2) is 48.5 Å². The number of nitrogens with zero attached hydrogens (tertiary/aromatic N) is 3. The van der Waals surface area contributed by atoms with Crippen LogP contribution in [0, 0.1) is 80.8 Å². The number of benzene rings is 3. The molecule has 6 fully saturated rings. The molecule has 0 bridgehead atoms. The Kier molecular flexibility index (Phi) is 21.4. The van der Waals surface area contributed by atoms with E-state index in [0.717, 1.165) is 118 Å². The van der Waals surface area contributed by atoms with Gasteiger partial charge < -0.3 is 44.2 Å². The molecule has 9 aliphatic carbocycles. The second-order valence-electron chi connectivity index (χ2n) is 31.6. The highest BCUT2D eigenvalue weighted by molar-refractivity contribution is 7.99. The van der Waals surface area contributed by atoms with Crippen molar-refractivity contribution in [3.8, 4) is 23.0 Å². The average molecular weight is 1200 g/mol. The van der Waals surface area contributed by atoms with Crippen molar-refractivity contribution in [1.29, 1.82) is 0 Å². The van der Waals surface area contributed by atoms with Gasteiger partial charge in [-0.25, -0.2) is 0 Å². The summed E-state index contributed by atoms with van der Waals surface area (Å²) in [7, 11) is 14.4. The van der Waals surface area contributed by atoms with E-state index in [1.165, 1.54) is 149 Å². The largest absolute Gasteiger partial charge is 0.508 e. The van der Waals surface area contributed by atoms with E-state index in [4.69, 9.17) is 14.2 Å². The first kappa shape index (κ1) is 65.9. The average Bonchev–Trinajstić information content (AvgIpc) is 1.61. The minimum Gasteiger partial charge on any atom is -0.508 e. The second-order valence-corrected chi connectivity index (χ2v) is 32.8. The van der Waals surface area contributed by atoms with Crippen LogP contribution in [0.4, 0.5) is 0 Å². The third-order valence-corrected chi connectivity index (χ3v) is 27.4. The zero-order chi connectivity index (χ0) is 61.3. The molecule has 9 aliphatic rings. The van der Waals surface area contributed by atoms with Crippen molar-refractivity contribution in [3.05, 3.63) is 81.9 Å². The van der Waals surface area contributed by atoms with Crippen LogP contribution in [0.5, 0.6) is 23.0 Å². The van der Waals surface area contributed by atoms with E-state index < -0.39 is 0 Å². The number of rotatable bonds is 19. The van der Waals surface area contributed by atoms with Crippen LogP contribution in [0.1, 0.15) is 195 Å². The quantitative estimate of drug-likeness (QED) is 0.101. The van der Waals surface area contributed by atoms with Gasteiger partial charge in [-0.1, -0.05) is 53.7 Å². The van der Waals surface area contributed by atoms with Crippen molar-refractivity contribution < 1.29 is 29.5 Å². The van der Waals surface area contributed by atoms with Gasteiger partial charge in [-0.2, -0.15) is 11.8 Å². The molecule has 0 saturated heterocycles. The number of aromatic hydroxyl groups is 3. The topological polar surface area (TPSA) is 98.1 Å². The number of hydrogen-bond acceptors (Lipinski definition) is 10. The number of ether oxygens (including phenoxy) is 3. The van der Waals surface area contributed by atoms with Gasteiger partial charge in [-0.3, -0.25) is 0 Å². The molecule has 86 heavy (non-hydrogen) atoms. The maximum atomic E-state index is 10.2. The molecule has 3 N–H and O–H groups in total. The Labute approximate surface area is 527 Å². The zero-order valence-corrected chi connectivity index (χ0v) is 57.1. The van der Waals surface area contributed by atoms with E-state index in [1.807, 2.05) is 30.3 Å². The first-order chi connectivity index (χ1) is 41.1. The number of aryl methyl sites for hydroxylation is 1. The minimum atomic E-state index is 0.292. The number of thioether (sulfide) groups is 1. The maximum Gasteiger partial charge on any atom is 0.160 e. The van der Waals surface area contributed by atoms with Crippen molar-refractivity contribution >= 4 is 11.8 Å². The number of phenolic OH excluding ortho intramolecular Hbond substituents is 3. The highest BCUT2D eigenvalue weighted by Gasteiger charge is 2.61. The highest BCUT2D eigenvalue weighted by Crippen LogP contribution is 2.70. The Morgan fingerprint density at radius 3 is 1.70 bits per heavy atom. The molecule has 9 nitrogen and oxygen atoms in total. The Balaban J connectivity index is 0.000000143. The van der Waals surface area contributed by atoms with Gasteiger partial charge in [0.25, 0.3) is 0 Å². The normalized spacial score (nSPS) is 36.2. The summed E-state index contributed by atoms with van der Waals surface area (Å²) in [6.07, 6.45) is 24.8. The van der Waals surface area contributed by atoms with E-state index in [-0.39, 0.29) is 0 Å². The van der Waals surface area contributed by atoms with Gasteiger partial charge in [0.05, 0.1) is 20.3 Å². The lowest BCUT2D eigenvalue weighted by Crippen LogP contribution is -2.48. The molecule has 0 aliphatic heterocycles. The number of hydrogen-bond donors (Lipinski definition) is 3. The lowest BCUT2D eigenvalue weighted by Gasteiger charge is -2.56. The molecule has 12 rings (SSSR count). The SMILES string of the molecule is COc1cc2c(cc1O)CCC1C2CCC2(C)C1CC[C@@H]2CCOCCN(C)C.C[C@@H]1Cc2cc(O)ccc2C2CCC3(C)C(CC[C@@H]3CCSCCN(C)C)C21.C[C@@H]1Cc2cc(O)ccc2C2CCC3(C)C(CC[C@]3(C)CCOCCN(C)C)C21. The maximum absolute atomic E-state index is 10.2. The Morgan fingerprint density at radius 2 is 1.08 bits per heavy atom. The summed E-state index contributed by atoms with van der Waals surface area (Å²) in [5.74, 6) is 14.6. The van der Waals surface area contributed by atoms with Gasteiger partial charge in [0.2, 0.25) is 0 Å². The predicted molar refractivity (Wildman–Crippen MR) is 357 cm³/mol. The minimum absolute atomic E-state index is 0.292. The van der Waals surface area contributed by atoms with Crippen LogP contribution in [-0.4, -0.2) is 137 Å². The molecule has 6 saturated carbocycles. The van der Waals surface area contributed by atoms with Gasteiger partial charge in [0.15, 0.2) is 11.5 Å². The molecule has 17 atom stereocenters. The number of likely N-dealkylation sites (N-methyl/N-ethyl adjacent to an activating group) is 2. The van der Waals surface area contributed by atoms with E-state index >= 15 is 0 Å². The Morgan fingerprint density at radius 1 is 0.523 bits per heavy atom. The fourth-order valence-corrected chi connectivity index (χ4v) is 22.6.